The lowest BCUT2D eigenvalue weighted by Crippen LogP contribution is -2.36. The summed E-state index contributed by atoms with van der Waals surface area (Å²) < 4.78 is 0. The van der Waals surface area contributed by atoms with Crippen LogP contribution in [0.5, 0.6) is 0 Å². The monoisotopic (exact) mass is 344 g/mol. The van der Waals surface area contributed by atoms with Gasteiger partial charge < -0.3 is 9.80 Å². The number of hydrogen-bond donors (Lipinski definition) is 0. The second kappa shape index (κ2) is 6.07. The summed E-state index contributed by atoms with van der Waals surface area (Å²) in [6, 6.07) is 8.05. The molecule has 0 N–H and O–H groups in total. The van der Waals surface area contributed by atoms with E-state index in [2.05, 4.69) is 63.5 Å². The maximum atomic E-state index is 9.75. The van der Waals surface area contributed by atoms with Crippen molar-refractivity contribution in [2.24, 2.45) is 0 Å². The van der Waals surface area contributed by atoms with Crippen LogP contribution in [0.4, 0.5) is 17.1 Å². The van der Waals surface area contributed by atoms with Gasteiger partial charge in [0.2, 0.25) is 0 Å². The molecule has 1 atom stereocenters. The van der Waals surface area contributed by atoms with Gasteiger partial charge in [-0.2, -0.15) is 10.5 Å². The number of rotatable bonds is 1. The van der Waals surface area contributed by atoms with Gasteiger partial charge in [0.05, 0.1) is 28.6 Å². The Labute approximate surface area is 155 Å². The summed E-state index contributed by atoms with van der Waals surface area (Å²) in [5.41, 5.74) is 10.5. The molecule has 1 aliphatic heterocycles. The van der Waals surface area contributed by atoms with E-state index in [0.29, 0.717) is 11.1 Å². The first-order valence-corrected chi connectivity index (χ1v) is 8.81. The second-order valence-electron chi connectivity index (χ2n) is 7.20. The predicted octanol–water partition coefficient (Wildman–Crippen LogP) is 4.91. The summed E-state index contributed by atoms with van der Waals surface area (Å²) in [5, 5.41) is 19.1. The molecule has 2 aromatic carbocycles. The second-order valence-corrected chi connectivity index (χ2v) is 7.20. The van der Waals surface area contributed by atoms with E-state index >= 15 is 0 Å². The van der Waals surface area contributed by atoms with Gasteiger partial charge in [-0.3, -0.25) is 0 Å². The van der Waals surface area contributed by atoms with E-state index in [9.17, 15) is 10.5 Å². The van der Waals surface area contributed by atoms with E-state index in [0.717, 1.165) is 11.4 Å². The Morgan fingerprint density at radius 1 is 0.808 bits per heavy atom. The Kier molecular flexibility index (Phi) is 4.17. The van der Waals surface area contributed by atoms with Crippen molar-refractivity contribution >= 4 is 17.1 Å². The van der Waals surface area contributed by atoms with Crippen molar-refractivity contribution in [3.05, 3.63) is 51.1 Å². The smallest absolute Gasteiger partial charge is 0.103 e. The lowest BCUT2D eigenvalue weighted by molar-refractivity contribution is 0.730. The molecule has 1 aliphatic rings. The largest absolute Gasteiger partial charge is 0.352 e. The number of nitriles is 2. The van der Waals surface area contributed by atoms with Gasteiger partial charge in [0.15, 0.2) is 0 Å². The molecule has 0 unspecified atom stereocenters. The SMILES string of the molecule is Cc1c(C)c(C)c(N2c3c(C#N)cc(C#N)cc3N(C)[C@@H]2C)c(C)c1C. The van der Waals surface area contributed by atoms with Crippen molar-refractivity contribution in [2.75, 3.05) is 16.8 Å². The zero-order valence-electron chi connectivity index (χ0n) is 16.5. The van der Waals surface area contributed by atoms with Crippen molar-refractivity contribution in [3.8, 4) is 12.1 Å². The van der Waals surface area contributed by atoms with Crippen LogP contribution in [0.2, 0.25) is 0 Å². The summed E-state index contributed by atoms with van der Waals surface area (Å²) in [7, 11) is 2.02. The first-order chi connectivity index (χ1) is 12.2. The lowest BCUT2D eigenvalue weighted by atomic mass is 9.92. The molecule has 0 saturated heterocycles. The molecule has 0 fully saturated rings. The summed E-state index contributed by atoms with van der Waals surface area (Å²) in [4.78, 5) is 4.40. The Bertz CT molecular complexity index is 976. The summed E-state index contributed by atoms with van der Waals surface area (Å²) in [6.45, 7) is 12.9. The fraction of sp³-hybridized carbons (Fsp3) is 0.364. The van der Waals surface area contributed by atoms with Gasteiger partial charge in [-0.05, 0) is 81.5 Å². The van der Waals surface area contributed by atoms with Gasteiger partial charge in [0, 0.05) is 12.7 Å². The topological polar surface area (TPSA) is 54.1 Å². The van der Waals surface area contributed by atoms with Crippen LogP contribution in [0.3, 0.4) is 0 Å². The van der Waals surface area contributed by atoms with Crippen LogP contribution >= 0.6 is 0 Å². The van der Waals surface area contributed by atoms with Gasteiger partial charge in [-0.1, -0.05) is 0 Å². The van der Waals surface area contributed by atoms with Gasteiger partial charge >= 0.3 is 0 Å². The van der Waals surface area contributed by atoms with Crippen LogP contribution < -0.4 is 9.80 Å². The number of nitrogens with zero attached hydrogens (tertiary/aromatic N) is 4. The number of anilines is 3. The van der Waals surface area contributed by atoms with Crippen LogP contribution in [0.1, 0.15) is 45.9 Å². The first-order valence-electron chi connectivity index (χ1n) is 8.81. The highest BCUT2D eigenvalue weighted by atomic mass is 15.4. The lowest BCUT2D eigenvalue weighted by Gasteiger charge is -2.32. The minimum absolute atomic E-state index is 0.0601. The van der Waals surface area contributed by atoms with E-state index in [1.54, 1.807) is 6.07 Å². The predicted molar refractivity (Wildman–Crippen MR) is 106 cm³/mol. The Balaban J connectivity index is 2.39. The molecule has 26 heavy (non-hydrogen) atoms. The summed E-state index contributed by atoms with van der Waals surface area (Å²) in [6.07, 6.45) is 0.0601. The molecule has 132 valence electrons. The molecule has 0 aliphatic carbocycles. The molecule has 0 amide bonds. The fourth-order valence-corrected chi connectivity index (χ4v) is 3.99. The highest BCUT2D eigenvalue weighted by Gasteiger charge is 2.36. The van der Waals surface area contributed by atoms with Gasteiger partial charge in [-0.25, -0.2) is 0 Å². The van der Waals surface area contributed by atoms with Gasteiger partial charge in [-0.15, -0.1) is 0 Å². The standard InChI is InChI=1S/C22H24N4/c1-12-13(2)15(4)21(16(5)14(12)3)26-17(6)25(7)20-9-18(10-23)8-19(11-24)22(20)26/h8-9,17H,1-7H3/t17-/m0/s1. The zero-order valence-corrected chi connectivity index (χ0v) is 16.5. The van der Waals surface area contributed by atoms with Crippen molar-refractivity contribution in [2.45, 2.75) is 47.7 Å². The minimum atomic E-state index is 0.0601. The van der Waals surface area contributed by atoms with Crippen molar-refractivity contribution in [3.63, 3.8) is 0 Å². The zero-order chi connectivity index (χ0) is 19.3. The molecule has 4 nitrogen and oxygen atoms in total. The van der Waals surface area contributed by atoms with Crippen LogP contribution in [-0.2, 0) is 0 Å². The number of fused-ring (bicyclic) bond motifs is 1. The third-order valence-corrected chi connectivity index (χ3v) is 6.10. The molecule has 0 bridgehead atoms. The van der Waals surface area contributed by atoms with E-state index in [1.807, 2.05) is 13.1 Å². The maximum absolute atomic E-state index is 9.75. The quantitative estimate of drug-likeness (QED) is 0.738. The van der Waals surface area contributed by atoms with E-state index < -0.39 is 0 Å². The van der Waals surface area contributed by atoms with Crippen molar-refractivity contribution in [1.29, 1.82) is 10.5 Å². The molecule has 0 aromatic heterocycles. The normalized spacial score (nSPS) is 15.7. The molecule has 3 rings (SSSR count). The molecule has 2 aromatic rings. The molecular weight excluding hydrogens is 320 g/mol. The highest BCUT2D eigenvalue weighted by molar-refractivity contribution is 5.90. The number of benzene rings is 2. The van der Waals surface area contributed by atoms with E-state index in [1.165, 1.54) is 33.5 Å². The van der Waals surface area contributed by atoms with E-state index in [4.69, 9.17) is 0 Å². The van der Waals surface area contributed by atoms with Crippen molar-refractivity contribution in [1.82, 2.24) is 0 Å². The number of hydrogen-bond acceptors (Lipinski definition) is 4. The van der Waals surface area contributed by atoms with Gasteiger partial charge in [0.1, 0.15) is 12.2 Å². The van der Waals surface area contributed by atoms with Crippen molar-refractivity contribution < 1.29 is 0 Å². The average Bonchev–Trinajstić information content (AvgIpc) is 2.89. The van der Waals surface area contributed by atoms with Crippen LogP contribution in [0, 0.1) is 57.3 Å². The maximum Gasteiger partial charge on any atom is 0.103 e. The van der Waals surface area contributed by atoms with Crippen LogP contribution in [0.15, 0.2) is 12.1 Å². The Morgan fingerprint density at radius 3 is 1.85 bits per heavy atom. The van der Waals surface area contributed by atoms with Crippen LogP contribution in [-0.4, -0.2) is 13.2 Å². The molecule has 4 heteroatoms. The molecule has 1 heterocycles. The molecular formula is C22H24N4. The van der Waals surface area contributed by atoms with Crippen LogP contribution in [0.25, 0.3) is 0 Å². The van der Waals surface area contributed by atoms with Gasteiger partial charge in [0.25, 0.3) is 0 Å². The average molecular weight is 344 g/mol. The Hall–Kier alpha value is -2.98. The fourth-order valence-electron chi connectivity index (χ4n) is 3.99. The third-order valence-electron chi connectivity index (χ3n) is 6.10. The molecule has 0 spiro atoms. The Morgan fingerprint density at radius 2 is 1.35 bits per heavy atom. The highest BCUT2D eigenvalue weighted by Crippen LogP contribution is 2.49. The molecule has 0 radical (unpaired) electrons. The summed E-state index contributed by atoms with van der Waals surface area (Å²) in [5.74, 6) is 0. The van der Waals surface area contributed by atoms with E-state index in [-0.39, 0.29) is 6.17 Å². The molecule has 0 saturated carbocycles. The third kappa shape index (κ3) is 2.26. The first kappa shape index (κ1) is 17.8. The summed E-state index contributed by atoms with van der Waals surface area (Å²) >= 11 is 0. The minimum Gasteiger partial charge on any atom is -0.352 e.